The molecule has 0 spiro atoms. The van der Waals surface area contributed by atoms with Crippen LogP contribution in [0.3, 0.4) is 0 Å². The molecule has 2 rings (SSSR count). The Bertz CT molecular complexity index is 634. The second-order valence-corrected chi connectivity index (χ2v) is 12.6. The summed E-state index contributed by atoms with van der Waals surface area (Å²) in [5.41, 5.74) is 5.01. The summed E-state index contributed by atoms with van der Waals surface area (Å²) in [4.78, 5) is 0. The minimum Gasteiger partial charge on any atom is -0.383 e. The quantitative estimate of drug-likeness (QED) is 0.599. The van der Waals surface area contributed by atoms with E-state index in [9.17, 15) is 0 Å². The van der Waals surface area contributed by atoms with Crippen molar-refractivity contribution < 1.29 is 4.74 Å². The van der Waals surface area contributed by atoms with Gasteiger partial charge in [-0.2, -0.15) is 0 Å². The molecule has 2 nitrogen and oxygen atoms in total. The first-order valence-electron chi connectivity index (χ1n) is 9.02. The average molecular weight is 354 g/mol. The Morgan fingerprint density at radius 3 is 1.88 bits per heavy atom. The van der Waals surface area contributed by atoms with Gasteiger partial charge in [0.1, 0.15) is 0 Å². The minimum absolute atomic E-state index is 0.177. The highest BCUT2D eigenvalue weighted by Gasteiger charge is 2.18. The summed E-state index contributed by atoms with van der Waals surface area (Å²) in [6.45, 7) is 7.76. The lowest BCUT2D eigenvalue weighted by atomic mass is 10.0. The second-order valence-electron chi connectivity index (χ2n) is 7.55. The van der Waals surface area contributed by atoms with Gasteiger partial charge in [0.05, 0.1) is 20.7 Å². The van der Waals surface area contributed by atoms with Crippen LogP contribution in [0.5, 0.6) is 0 Å². The van der Waals surface area contributed by atoms with Gasteiger partial charge in [-0.15, -0.1) is 0 Å². The smallest absolute Gasteiger partial charge is 0.0682 e. The first-order valence-corrected chi connectivity index (χ1v) is 12.6. The van der Waals surface area contributed by atoms with Crippen LogP contribution in [0, 0.1) is 0 Å². The number of hydrogen-bond acceptors (Lipinski definition) is 2. The highest BCUT2D eigenvalue weighted by atomic mass is 28.3. The van der Waals surface area contributed by atoms with Gasteiger partial charge in [0.15, 0.2) is 0 Å². The maximum Gasteiger partial charge on any atom is 0.0682 e. The lowest BCUT2D eigenvalue weighted by molar-refractivity contribution is 0.161. The van der Waals surface area contributed by atoms with Crippen molar-refractivity contribution >= 4 is 8.07 Å². The highest BCUT2D eigenvalue weighted by molar-refractivity contribution is 6.80. The van der Waals surface area contributed by atoms with Gasteiger partial charge in [0.25, 0.3) is 0 Å². The standard InChI is InChI=1S/C22H31NOSi/c1-24-18-22(20-14-9-6-10-15-20)23-21(16-11-17-25(2,3)4)19-12-7-5-8-13-19/h5-15,17,21-23H,16,18H2,1-4H3/b17-11+/t21-,22+/m1/s1. The van der Waals surface area contributed by atoms with E-state index in [0.717, 1.165) is 6.42 Å². The van der Waals surface area contributed by atoms with E-state index < -0.39 is 8.07 Å². The third kappa shape index (κ3) is 6.98. The summed E-state index contributed by atoms with van der Waals surface area (Å²) in [6.07, 6.45) is 3.34. The molecule has 134 valence electrons. The molecule has 25 heavy (non-hydrogen) atoms. The van der Waals surface area contributed by atoms with Gasteiger partial charge >= 0.3 is 0 Å². The topological polar surface area (TPSA) is 21.3 Å². The predicted molar refractivity (Wildman–Crippen MR) is 110 cm³/mol. The number of benzene rings is 2. The molecule has 0 saturated heterocycles. The zero-order chi connectivity index (χ0) is 18.1. The molecule has 0 saturated carbocycles. The van der Waals surface area contributed by atoms with Crippen molar-refractivity contribution in [3.63, 3.8) is 0 Å². The fourth-order valence-corrected chi connectivity index (χ4v) is 3.72. The predicted octanol–water partition coefficient (Wildman–Crippen LogP) is 5.53. The van der Waals surface area contributed by atoms with Crippen LogP contribution >= 0.6 is 0 Å². The monoisotopic (exact) mass is 353 g/mol. The Morgan fingerprint density at radius 1 is 0.880 bits per heavy atom. The Kier molecular flexibility index (Phi) is 7.63. The summed E-state index contributed by atoms with van der Waals surface area (Å²) >= 11 is 0. The van der Waals surface area contributed by atoms with Gasteiger partial charge in [-0.25, -0.2) is 0 Å². The molecule has 0 aliphatic heterocycles. The van der Waals surface area contributed by atoms with Crippen LogP contribution in [0.15, 0.2) is 72.4 Å². The van der Waals surface area contributed by atoms with Crippen LogP contribution < -0.4 is 5.32 Å². The van der Waals surface area contributed by atoms with Crippen LogP contribution in [0.1, 0.15) is 29.6 Å². The third-order valence-electron chi connectivity index (χ3n) is 4.13. The average Bonchev–Trinajstić information content (AvgIpc) is 2.60. The van der Waals surface area contributed by atoms with Crippen molar-refractivity contribution in [3.8, 4) is 0 Å². The molecule has 0 heterocycles. The molecule has 0 aliphatic rings. The van der Waals surface area contributed by atoms with E-state index in [1.807, 2.05) is 0 Å². The van der Waals surface area contributed by atoms with Crippen molar-refractivity contribution in [3.05, 3.63) is 83.6 Å². The summed E-state index contributed by atoms with van der Waals surface area (Å²) in [5.74, 6) is 0. The van der Waals surface area contributed by atoms with Crippen LogP contribution in [-0.2, 0) is 4.74 Å². The van der Waals surface area contributed by atoms with E-state index >= 15 is 0 Å². The molecule has 0 aliphatic carbocycles. The molecule has 2 aromatic carbocycles. The van der Waals surface area contributed by atoms with E-state index in [1.165, 1.54) is 11.1 Å². The summed E-state index contributed by atoms with van der Waals surface area (Å²) in [5, 5.41) is 3.81. The van der Waals surface area contributed by atoms with Crippen molar-refractivity contribution in [2.24, 2.45) is 0 Å². The molecule has 0 aromatic heterocycles. The van der Waals surface area contributed by atoms with Crippen LogP contribution in [0.25, 0.3) is 0 Å². The molecular weight excluding hydrogens is 322 g/mol. The number of rotatable bonds is 9. The van der Waals surface area contributed by atoms with Gasteiger partial charge in [-0.3, -0.25) is 0 Å². The second kappa shape index (κ2) is 9.71. The van der Waals surface area contributed by atoms with E-state index in [4.69, 9.17) is 4.74 Å². The normalized spacial score (nSPS) is 14.6. The van der Waals surface area contributed by atoms with Crippen molar-refractivity contribution in [2.75, 3.05) is 13.7 Å². The Morgan fingerprint density at radius 2 is 1.40 bits per heavy atom. The fourth-order valence-electron chi connectivity index (χ4n) is 2.88. The fraction of sp³-hybridized carbons (Fsp3) is 0.364. The minimum atomic E-state index is -1.18. The molecule has 0 amide bonds. The molecule has 2 aromatic rings. The van der Waals surface area contributed by atoms with Gasteiger partial charge in [-0.05, 0) is 17.5 Å². The molecule has 0 radical (unpaired) electrons. The number of nitrogens with one attached hydrogen (secondary N) is 1. The van der Waals surface area contributed by atoms with E-state index in [-0.39, 0.29) is 12.1 Å². The van der Waals surface area contributed by atoms with E-state index in [2.05, 4.69) is 97.4 Å². The Balaban J connectivity index is 2.20. The molecule has 0 bridgehead atoms. The zero-order valence-electron chi connectivity index (χ0n) is 15.9. The number of hydrogen-bond donors (Lipinski definition) is 1. The summed E-state index contributed by atoms with van der Waals surface area (Å²) < 4.78 is 5.48. The zero-order valence-corrected chi connectivity index (χ0v) is 16.9. The third-order valence-corrected chi connectivity index (χ3v) is 5.36. The molecular formula is C22H31NOSi. The van der Waals surface area contributed by atoms with Gasteiger partial charge in [-0.1, -0.05) is 92.1 Å². The summed E-state index contributed by atoms with van der Waals surface area (Å²) in [7, 11) is 0.587. The lowest BCUT2D eigenvalue weighted by Gasteiger charge is -2.26. The molecule has 0 unspecified atom stereocenters. The van der Waals surface area contributed by atoms with Crippen LogP contribution in [0.4, 0.5) is 0 Å². The van der Waals surface area contributed by atoms with Crippen molar-refractivity contribution in [2.45, 2.75) is 38.1 Å². The maximum absolute atomic E-state index is 5.48. The van der Waals surface area contributed by atoms with Crippen molar-refractivity contribution in [1.29, 1.82) is 0 Å². The largest absolute Gasteiger partial charge is 0.383 e. The Labute approximate surface area is 153 Å². The SMILES string of the molecule is COC[C@H](N[C@H](C/C=C/[Si](C)(C)C)c1ccccc1)c1ccccc1. The first-order chi connectivity index (χ1) is 12.0. The van der Waals surface area contributed by atoms with Gasteiger partial charge in [0, 0.05) is 13.2 Å². The van der Waals surface area contributed by atoms with Gasteiger partial charge < -0.3 is 10.1 Å². The maximum atomic E-state index is 5.48. The highest BCUT2D eigenvalue weighted by Crippen LogP contribution is 2.23. The number of ether oxygens (including phenoxy) is 1. The molecule has 0 fully saturated rings. The first kappa shape index (κ1) is 19.6. The van der Waals surface area contributed by atoms with E-state index in [1.54, 1.807) is 7.11 Å². The Hall–Kier alpha value is -1.68. The lowest BCUT2D eigenvalue weighted by Crippen LogP contribution is -2.29. The number of methoxy groups -OCH3 is 1. The van der Waals surface area contributed by atoms with E-state index in [0.29, 0.717) is 6.61 Å². The van der Waals surface area contributed by atoms with Gasteiger partial charge in [0.2, 0.25) is 0 Å². The van der Waals surface area contributed by atoms with Crippen LogP contribution in [0.2, 0.25) is 19.6 Å². The molecule has 3 heteroatoms. The van der Waals surface area contributed by atoms with Crippen molar-refractivity contribution in [1.82, 2.24) is 5.32 Å². The molecule has 2 atom stereocenters. The molecule has 1 N–H and O–H groups in total. The summed E-state index contributed by atoms with van der Waals surface area (Å²) in [6, 6.07) is 21.7. The van der Waals surface area contributed by atoms with Crippen LogP contribution in [-0.4, -0.2) is 21.8 Å².